The molecule has 2 aromatic carbocycles. The van der Waals surface area contributed by atoms with Crippen molar-refractivity contribution < 1.29 is 34.1 Å². The Hall–Kier alpha value is -3.35. The van der Waals surface area contributed by atoms with Gasteiger partial charge in [0.15, 0.2) is 5.78 Å². The first-order valence-corrected chi connectivity index (χ1v) is 7.18. The second-order valence-corrected chi connectivity index (χ2v) is 5.25. The molecule has 0 aliphatic heterocycles. The van der Waals surface area contributed by atoms with Crippen molar-refractivity contribution in [3.8, 4) is 11.5 Å². The maximum Gasteiger partial charge on any atom is 0.341 e. The fraction of sp³-hybridized carbons (Fsp3) is 0.167. The van der Waals surface area contributed by atoms with Crippen LogP contribution in [0.1, 0.15) is 42.2 Å². The second kappa shape index (κ2) is 7.04. The summed E-state index contributed by atoms with van der Waals surface area (Å²) in [6.07, 6.45) is 0. The lowest BCUT2D eigenvalue weighted by atomic mass is 9.96. The molecule has 0 aromatic heterocycles. The molecule has 0 spiro atoms. The smallest absolute Gasteiger partial charge is 0.341 e. The number of carbonyl (C=O) groups excluding carboxylic acids is 3. The molecule has 0 unspecified atom stereocenters. The summed E-state index contributed by atoms with van der Waals surface area (Å²) in [5, 5.41) is 20.0. The molecule has 7 heteroatoms. The minimum Gasteiger partial charge on any atom is -0.507 e. The van der Waals surface area contributed by atoms with Crippen molar-refractivity contribution in [3.05, 3.63) is 58.1 Å². The van der Waals surface area contributed by atoms with Crippen molar-refractivity contribution in [2.75, 3.05) is 14.2 Å². The maximum atomic E-state index is 12.7. The molecule has 0 saturated carbocycles. The summed E-state index contributed by atoms with van der Waals surface area (Å²) < 4.78 is 9.11. The number of ether oxygens (including phenoxy) is 2. The van der Waals surface area contributed by atoms with Gasteiger partial charge in [0.25, 0.3) is 0 Å². The van der Waals surface area contributed by atoms with E-state index in [2.05, 4.69) is 9.47 Å². The lowest BCUT2D eigenvalue weighted by Crippen LogP contribution is -2.12. The highest BCUT2D eigenvalue weighted by molar-refractivity contribution is 6.13. The number of methoxy groups -OCH3 is 2. The summed E-state index contributed by atoms with van der Waals surface area (Å²) in [7, 11) is 2.20. The molecule has 2 rings (SSSR count). The van der Waals surface area contributed by atoms with Gasteiger partial charge in [-0.15, -0.1) is 0 Å². The lowest BCUT2D eigenvalue weighted by molar-refractivity contribution is 0.0592. The van der Waals surface area contributed by atoms with E-state index in [1.54, 1.807) is 13.0 Å². The molecule has 0 radical (unpaired) electrons. The van der Waals surface area contributed by atoms with Crippen LogP contribution in [0.2, 0.25) is 0 Å². The fourth-order valence-corrected chi connectivity index (χ4v) is 2.28. The summed E-state index contributed by atoms with van der Waals surface area (Å²) in [6.45, 7) is 1.74. The minimum atomic E-state index is -0.925. The van der Waals surface area contributed by atoms with E-state index >= 15 is 0 Å². The van der Waals surface area contributed by atoms with E-state index in [1.807, 2.05) is 0 Å². The summed E-state index contributed by atoms with van der Waals surface area (Å²) in [5.74, 6) is -3.38. The molecule has 25 heavy (non-hydrogen) atoms. The van der Waals surface area contributed by atoms with Crippen molar-refractivity contribution in [2.45, 2.75) is 6.92 Å². The van der Waals surface area contributed by atoms with Gasteiger partial charge in [0, 0.05) is 5.56 Å². The van der Waals surface area contributed by atoms with Crippen molar-refractivity contribution in [1.82, 2.24) is 0 Å². The molecule has 0 fully saturated rings. The SMILES string of the molecule is COC(=O)c1cc(C(=O)c2cc(C)ccc2O)cc(C(=O)OC)c1O. The van der Waals surface area contributed by atoms with Crippen LogP contribution in [0.25, 0.3) is 0 Å². The zero-order valence-electron chi connectivity index (χ0n) is 13.8. The van der Waals surface area contributed by atoms with Crippen LogP contribution in [-0.4, -0.2) is 42.2 Å². The molecule has 2 aromatic rings. The molecule has 0 heterocycles. The largest absolute Gasteiger partial charge is 0.507 e. The predicted octanol–water partition coefficient (Wildman–Crippen LogP) is 2.21. The normalized spacial score (nSPS) is 10.2. The highest BCUT2D eigenvalue weighted by Crippen LogP contribution is 2.29. The summed E-state index contributed by atoms with van der Waals surface area (Å²) in [4.78, 5) is 36.4. The van der Waals surface area contributed by atoms with Crippen molar-refractivity contribution >= 4 is 17.7 Å². The second-order valence-electron chi connectivity index (χ2n) is 5.25. The number of esters is 2. The van der Waals surface area contributed by atoms with Gasteiger partial charge in [-0.2, -0.15) is 0 Å². The van der Waals surface area contributed by atoms with Gasteiger partial charge >= 0.3 is 11.9 Å². The number of hydrogen-bond donors (Lipinski definition) is 2. The third-order valence-electron chi connectivity index (χ3n) is 3.58. The Morgan fingerprint density at radius 3 is 1.84 bits per heavy atom. The average molecular weight is 344 g/mol. The topological polar surface area (TPSA) is 110 Å². The third-order valence-corrected chi connectivity index (χ3v) is 3.58. The Balaban J connectivity index is 2.68. The van der Waals surface area contributed by atoms with Crippen molar-refractivity contribution in [1.29, 1.82) is 0 Å². The number of hydrogen-bond acceptors (Lipinski definition) is 7. The number of ketones is 1. The van der Waals surface area contributed by atoms with Gasteiger partial charge in [0.2, 0.25) is 0 Å². The number of aryl methyl sites for hydroxylation is 1. The molecule has 0 bridgehead atoms. The van der Waals surface area contributed by atoms with Gasteiger partial charge < -0.3 is 19.7 Å². The quantitative estimate of drug-likeness (QED) is 0.646. The Labute approximate surface area is 143 Å². The standard InChI is InChI=1S/C18H16O7/c1-9-4-5-14(19)11(6-9)15(20)10-7-12(17(22)24-2)16(21)13(8-10)18(23)25-3/h4-8,19,21H,1-3H3. The van der Waals surface area contributed by atoms with E-state index < -0.39 is 23.5 Å². The molecular weight excluding hydrogens is 328 g/mol. The third kappa shape index (κ3) is 3.45. The van der Waals surface area contributed by atoms with Gasteiger partial charge in [-0.05, 0) is 31.2 Å². The summed E-state index contributed by atoms with van der Waals surface area (Å²) >= 11 is 0. The lowest BCUT2D eigenvalue weighted by Gasteiger charge is -2.11. The first-order chi connectivity index (χ1) is 11.8. The van der Waals surface area contributed by atoms with E-state index in [4.69, 9.17) is 0 Å². The first kappa shape index (κ1) is 18.0. The van der Waals surface area contributed by atoms with Crippen LogP contribution in [0, 0.1) is 6.92 Å². The first-order valence-electron chi connectivity index (χ1n) is 7.18. The van der Waals surface area contributed by atoms with Crippen LogP contribution in [0.5, 0.6) is 11.5 Å². The number of rotatable bonds is 4. The van der Waals surface area contributed by atoms with Gasteiger partial charge in [-0.25, -0.2) is 9.59 Å². The van der Waals surface area contributed by atoms with Crippen LogP contribution in [-0.2, 0) is 9.47 Å². The van der Waals surface area contributed by atoms with Crippen molar-refractivity contribution in [3.63, 3.8) is 0 Å². The van der Waals surface area contributed by atoms with Crippen LogP contribution in [0.3, 0.4) is 0 Å². The van der Waals surface area contributed by atoms with Gasteiger partial charge in [-0.1, -0.05) is 11.6 Å². The fourth-order valence-electron chi connectivity index (χ4n) is 2.28. The maximum absolute atomic E-state index is 12.7. The monoisotopic (exact) mass is 344 g/mol. The zero-order valence-corrected chi connectivity index (χ0v) is 13.8. The molecule has 130 valence electrons. The number of phenolic OH excluding ortho intramolecular Hbond substituents is 2. The highest BCUT2D eigenvalue weighted by atomic mass is 16.5. The molecule has 2 N–H and O–H groups in total. The molecule has 0 atom stereocenters. The molecule has 0 aliphatic rings. The molecule has 0 aliphatic carbocycles. The number of aromatic hydroxyl groups is 2. The summed E-state index contributed by atoms with van der Waals surface area (Å²) in [6, 6.07) is 6.66. The van der Waals surface area contributed by atoms with Gasteiger partial charge in [0.1, 0.15) is 22.6 Å². The molecule has 0 amide bonds. The Morgan fingerprint density at radius 2 is 1.36 bits per heavy atom. The Kier molecular flexibility index (Phi) is 5.07. The van der Waals surface area contributed by atoms with E-state index in [0.29, 0.717) is 0 Å². The van der Waals surface area contributed by atoms with E-state index in [1.165, 1.54) is 12.1 Å². The van der Waals surface area contributed by atoms with E-state index in [-0.39, 0.29) is 28.0 Å². The van der Waals surface area contributed by atoms with Crippen molar-refractivity contribution in [2.24, 2.45) is 0 Å². The van der Waals surface area contributed by atoms with E-state index in [0.717, 1.165) is 31.9 Å². The number of benzene rings is 2. The van der Waals surface area contributed by atoms with E-state index in [9.17, 15) is 24.6 Å². The van der Waals surface area contributed by atoms with Crippen LogP contribution in [0.4, 0.5) is 0 Å². The number of phenols is 2. The molecule has 0 saturated heterocycles. The molecule has 7 nitrogen and oxygen atoms in total. The minimum absolute atomic E-state index is 0.00248. The highest BCUT2D eigenvalue weighted by Gasteiger charge is 2.25. The zero-order chi connectivity index (χ0) is 18.7. The van der Waals surface area contributed by atoms with Gasteiger partial charge in [-0.3, -0.25) is 4.79 Å². The Morgan fingerprint density at radius 1 is 0.840 bits per heavy atom. The predicted molar refractivity (Wildman–Crippen MR) is 87.1 cm³/mol. The van der Waals surface area contributed by atoms with Gasteiger partial charge in [0.05, 0.1) is 19.8 Å². The van der Waals surface area contributed by atoms with Crippen LogP contribution < -0.4 is 0 Å². The average Bonchev–Trinajstić information content (AvgIpc) is 2.62. The Bertz CT molecular complexity index is 831. The number of carbonyl (C=O) groups is 3. The van der Waals surface area contributed by atoms with Crippen LogP contribution in [0.15, 0.2) is 30.3 Å². The summed E-state index contributed by atoms with van der Waals surface area (Å²) in [5.41, 5.74) is -0.0695. The van der Waals surface area contributed by atoms with Crippen LogP contribution >= 0.6 is 0 Å². The molecular formula is C18H16O7.